The van der Waals surface area contributed by atoms with E-state index in [2.05, 4.69) is 17.1 Å². The molecule has 4 heteroatoms. The summed E-state index contributed by atoms with van der Waals surface area (Å²) < 4.78 is 0. The van der Waals surface area contributed by atoms with E-state index in [1.165, 1.54) is 0 Å². The Labute approximate surface area is 75.5 Å². The number of rotatable bonds is 2. The molecule has 0 unspecified atom stereocenters. The second-order valence-corrected chi connectivity index (χ2v) is 13.1. The monoisotopic (exact) mass is 308 g/mol. The van der Waals surface area contributed by atoms with Crippen LogP contribution >= 0.6 is 0 Å². The maximum Gasteiger partial charge on any atom is -1.00 e. The smallest absolute Gasteiger partial charge is 1.00 e. The first-order valence-corrected chi connectivity index (χ1v) is 9.40. The molecule has 0 aliphatic carbocycles. The van der Waals surface area contributed by atoms with Gasteiger partial charge in [-0.15, -0.1) is 0 Å². The predicted octanol–water partition coefficient (Wildman–Crippen LogP) is -1.59. The summed E-state index contributed by atoms with van der Waals surface area (Å²) in [4.78, 5) is 10.1. The summed E-state index contributed by atoms with van der Waals surface area (Å²) >= 11 is -1.61. The van der Waals surface area contributed by atoms with Crippen molar-refractivity contribution in [3.8, 4) is 0 Å². The summed E-state index contributed by atoms with van der Waals surface area (Å²) in [5, 5.41) is 8.71. The van der Waals surface area contributed by atoms with Crippen molar-refractivity contribution in [1.82, 2.24) is 0 Å². The molecule has 0 saturated carbocycles. The Kier molecular flexibility index (Phi) is 6.29. The van der Waals surface area contributed by atoms with Crippen molar-refractivity contribution in [3.63, 3.8) is 0 Å². The SMILES string of the molecule is C[As+](C)([14CH3])CC(=O)O.[I-]. The van der Waals surface area contributed by atoms with Crippen molar-refractivity contribution in [2.45, 2.75) is 22.3 Å². The number of carboxylic acids is 1. The van der Waals surface area contributed by atoms with Gasteiger partial charge in [-0.2, -0.15) is 0 Å². The maximum absolute atomic E-state index is 10.1. The zero-order chi connectivity index (χ0) is 6.78. The summed E-state index contributed by atoms with van der Waals surface area (Å²) in [5.41, 5.74) is 6.23. The molecule has 56 valence electrons. The molecule has 0 amide bonds. The quantitative estimate of drug-likeness (QED) is 0.494. The minimum Gasteiger partial charge on any atom is -1.00 e. The van der Waals surface area contributed by atoms with Crippen LogP contribution in [0.3, 0.4) is 0 Å². The van der Waals surface area contributed by atoms with Gasteiger partial charge < -0.3 is 24.0 Å². The van der Waals surface area contributed by atoms with Crippen LogP contribution in [0.2, 0.25) is 22.3 Å². The molecule has 0 fully saturated rings. The topological polar surface area (TPSA) is 37.3 Å². The third kappa shape index (κ3) is 12.1. The predicted molar refractivity (Wildman–Crippen MR) is 35.8 cm³/mol. The second-order valence-electron chi connectivity index (χ2n) is 2.84. The van der Waals surface area contributed by atoms with Gasteiger partial charge in [0.25, 0.3) is 0 Å². The largest absolute Gasteiger partial charge is 1.00 e. The van der Waals surface area contributed by atoms with E-state index in [4.69, 9.17) is 5.11 Å². The molecule has 0 aliphatic rings. The molecule has 0 spiro atoms. The summed E-state index contributed by atoms with van der Waals surface area (Å²) in [6.45, 7) is 0. The molecular weight excluding hydrogens is 296 g/mol. The van der Waals surface area contributed by atoms with Crippen molar-refractivity contribution in [2.75, 3.05) is 0 Å². The molecule has 0 aromatic carbocycles. The van der Waals surface area contributed by atoms with Crippen molar-refractivity contribution in [1.29, 1.82) is 0 Å². The third-order valence-electron chi connectivity index (χ3n) is 0.610. The van der Waals surface area contributed by atoms with Gasteiger partial charge in [0.15, 0.2) is 0 Å². The van der Waals surface area contributed by atoms with Gasteiger partial charge >= 0.3 is 51.8 Å². The van der Waals surface area contributed by atoms with E-state index in [9.17, 15) is 4.79 Å². The van der Waals surface area contributed by atoms with E-state index in [0.717, 1.165) is 0 Å². The van der Waals surface area contributed by atoms with Crippen LogP contribution in [0, 0.1) is 0 Å². The molecule has 0 aromatic heterocycles. The molecule has 0 saturated heterocycles. The molecule has 9 heavy (non-hydrogen) atoms. The van der Waals surface area contributed by atoms with Crippen LogP contribution in [-0.4, -0.2) is 24.6 Å². The van der Waals surface area contributed by atoms with Crippen molar-refractivity contribution in [3.05, 3.63) is 0 Å². The third-order valence-corrected chi connectivity index (χ3v) is 3.17. The first-order chi connectivity index (χ1) is 3.42. The van der Waals surface area contributed by atoms with Gasteiger partial charge in [-0.1, -0.05) is 0 Å². The number of carboxylic acid groups (broad SMARTS) is 1. The van der Waals surface area contributed by atoms with Crippen LogP contribution < -0.4 is 24.0 Å². The van der Waals surface area contributed by atoms with Gasteiger partial charge in [0.1, 0.15) is 0 Å². The van der Waals surface area contributed by atoms with Gasteiger partial charge in [0.05, 0.1) is 0 Å². The Balaban J connectivity index is 0. The molecule has 0 bridgehead atoms. The Hall–Kier alpha value is 0.758. The number of halogens is 1. The summed E-state index contributed by atoms with van der Waals surface area (Å²) in [6.07, 6.45) is 0. The number of hydrogen-bond donors (Lipinski definition) is 1. The second kappa shape index (κ2) is 4.55. The summed E-state index contributed by atoms with van der Waals surface area (Å²) in [7, 11) is 0. The van der Waals surface area contributed by atoms with Crippen LogP contribution in [0.1, 0.15) is 0 Å². The maximum atomic E-state index is 10.1. The average Bonchev–Trinajstić information content (AvgIpc) is 1.21. The van der Waals surface area contributed by atoms with Crippen LogP contribution in [0.25, 0.3) is 0 Å². The average molecular weight is 308 g/mol. The Bertz CT molecular complexity index is 97.6. The van der Waals surface area contributed by atoms with E-state index in [0.29, 0.717) is 5.21 Å². The fourth-order valence-corrected chi connectivity index (χ4v) is 2.11. The van der Waals surface area contributed by atoms with E-state index >= 15 is 0 Å². The molecule has 0 heterocycles. The van der Waals surface area contributed by atoms with Gasteiger partial charge in [-0.05, 0) is 0 Å². The standard InChI is InChI=1S/C5H11AsO2.HI/c1-6(2,3)4-5(7)8;/h4H2,1-3H3;1H/i1+2;. The first kappa shape index (κ1) is 12.4. The molecule has 1 N–H and O–H groups in total. The Morgan fingerprint density at radius 2 is 2.00 bits per heavy atom. The first-order valence-electron chi connectivity index (χ1n) is 2.44. The summed E-state index contributed by atoms with van der Waals surface area (Å²) in [6, 6.07) is 0. The van der Waals surface area contributed by atoms with E-state index in [-0.39, 0.29) is 24.0 Å². The minimum absolute atomic E-state index is 0. The van der Waals surface area contributed by atoms with Gasteiger partial charge in [0, 0.05) is 0 Å². The molecule has 0 radical (unpaired) electrons. The van der Waals surface area contributed by atoms with Crippen LogP contribution in [0.5, 0.6) is 0 Å². The fraction of sp³-hybridized carbons (Fsp3) is 0.800. The molecule has 0 atom stereocenters. The van der Waals surface area contributed by atoms with Crippen molar-refractivity contribution in [2.24, 2.45) is 0 Å². The number of carbonyl (C=O) groups is 1. The Morgan fingerprint density at radius 1 is 1.67 bits per heavy atom. The molecular formula is C5H12AsIO2. The van der Waals surface area contributed by atoms with Crippen molar-refractivity contribution < 1.29 is 33.9 Å². The van der Waals surface area contributed by atoms with Gasteiger partial charge in [0.2, 0.25) is 0 Å². The van der Waals surface area contributed by atoms with E-state index < -0.39 is 19.5 Å². The fourth-order valence-electron chi connectivity index (χ4n) is 0.406. The zero-order valence-corrected chi connectivity index (χ0v) is 9.92. The van der Waals surface area contributed by atoms with E-state index in [1.54, 1.807) is 0 Å². The Morgan fingerprint density at radius 3 is 2.00 bits per heavy atom. The van der Waals surface area contributed by atoms with Crippen LogP contribution in [0.4, 0.5) is 0 Å². The van der Waals surface area contributed by atoms with Crippen LogP contribution in [0.15, 0.2) is 0 Å². The van der Waals surface area contributed by atoms with Gasteiger partial charge in [-0.25, -0.2) is 0 Å². The molecule has 0 rings (SSSR count). The normalized spacial score (nSPS) is 10.1. The van der Waals surface area contributed by atoms with Crippen molar-refractivity contribution >= 4 is 19.5 Å². The minimum atomic E-state index is -1.61. The van der Waals surface area contributed by atoms with Crippen LogP contribution in [-0.2, 0) is 4.79 Å². The molecule has 0 aliphatic heterocycles. The number of aliphatic carboxylic acids is 1. The zero-order valence-electron chi connectivity index (χ0n) is 5.89. The number of hydrogen-bond acceptors (Lipinski definition) is 1. The molecule has 2 nitrogen and oxygen atoms in total. The summed E-state index contributed by atoms with van der Waals surface area (Å²) in [5.74, 6) is -0.648. The van der Waals surface area contributed by atoms with E-state index in [1.807, 2.05) is 0 Å². The van der Waals surface area contributed by atoms with Gasteiger partial charge in [-0.3, -0.25) is 0 Å². The molecule has 0 aromatic rings.